The number of aromatic nitrogens is 4. The first-order chi connectivity index (χ1) is 8.65. The molecule has 0 saturated heterocycles. The van der Waals surface area contributed by atoms with Crippen LogP contribution in [-0.4, -0.2) is 43.6 Å². The molecule has 1 amide bonds. The smallest absolute Gasteiger partial charge is 0.252 e. The van der Waals surface area contributed by atoms with Gasteiger partial charge in [-0.2, -0.15) is 15.0 Å². The summed E-state index contributed by atoms with van der Waals surface area (Å²) in [7, 11) is 0. The van der Waals surface area contributed by atoms with Gasteiger partial charge in [0.2, 0.25) is 0 Å². The third kappa shape index (κ3) is 3.17. The van der Waals surface area contributed by atoms with Crippen LogP contribution in [0.25, 0.3) is 0 Å². The Labute approximate surface area is 104 Å². The fourth-order valence-electron chi connectivity index (χ4n) is 1.54. The Bertz CT molecular complexity index is 505. The average molecular weight is 249 g/mol. The molecular weight excluding hydrogens is 234 g/mol. The SMILES string of the molecule is Cc1cc(C(=O)NCC(O)Cn2nccn2)c[nH]1. The topological polar surface area (TPSA) is 95.8 Å². The summed E-state index contributed by atoms with van der Waals surface area (Å²) in [5.74, 6) is -0.216. The van der Waals surface area contributed by atoms with Crippen LogP contribution >= 0.6 is 0 Å². The molecule has 2 aromatic rings. The van der Waals surface area contributed by atoms with Crippen LogP contribution < -0.4 is 5.32 Å². The lowest BCUT2D eigenvalue weighted by atomic mass is 10.3. The number of H-pyrrole nitrogens is 1. The van der Waals surface area contributed by atoms with Crippen LogP contribution in [0.2, 0.25) is 0 Å². The second kappa shape index (κ2) is 5.46. The van der Waals surface area contributed by atoms with Crippen molar-refractivity contribution < 1.29 is 9.90 Å². The molecular formula is C11H15N5O2. The quantitative estimate of drug-likeness (QED) is 0.678. The molecule has 7 nitrogen and oxygen atoms in total. The van der Waals surface area contributed by atoms with E-state index in [0.29, 0.717) is 5.56 Å². The van der Waals surface area contributed by atoms with E-state index in [1.54, 1.807) is 12.3 Å². The normalized spacial score (nSPS) is 12.3. The van der Waals surface area contributed by atoms with Gasteiger partial charge in [-0.15, -0.1) is 0 Å². The highest BCUT2D eigenvalue weighted by Crippen LogP contribution is 2.01. The number of aromatic amines is 1. The minimum absolute atomic E-state index is 0.157. The van der Waals surface area contributed by atoms with Crippen molar-refractivity contribution in [3.05, 3.63) is 35.9 Å². The van der Waals surface area contributed by atoms with E-state index < -0.39 is 6.10 Å². The molecule has 96 valence electrons. The molecule has 0 aliphatic carbocycles. The largest absolute Gasteiger partial charge is 0.389 e. The summed E-state index contributed by atoms with van der Waals surface area (Å²) in [6.07, 6.45) is 3.98. The zero-order chi connectivity index (χ0) is 13.0. The Morgan fingerprint density at radius 3 is 2.89 bits per heavy atom. The minimum Gasteiger partial charge on any atom is -0.389 e. The molecule has 18 heavy (non-hydrogen) atoms. The summed E-state index contributed by atoms with van der Waals surface area (Å²) < 4.78 is 0. The minimum atomic E-state index is -0.721. The maximum absolute atomic E-state index is 11.7. The Morgan fingerprint density at radius 2 is 2.28 bits per heavy atom. The summed E-state index contributed by atoms with van der Waals surface area (Å²) in [5.41, 5.74) is 1.47. The average Bonchev–Trinajstić information content (AvgIpc) is 2.97. The van der Waals surface area contributed by atoms with Gasteiger partial charge < -0.3 is 15.4 Å². The lowest BCUT2D eigenvalue weighted by Gasteiger charge is -2.10. The highest BCUT2D eigenvalue weighted by molar-refractivity contribution is 5.94. The molecule has 3 N–H and O–H groups in total. The summed E-state index contributed by atoms with van der Waals surface area (Å²) in [6.45, 7) is 2.28. The molecule has 0 aliphatic heterocycles. The second-order valence-electron chi connectivity index (χ2n) is 4.02. The van der Waals surface area contributed by atoms with Gasteiger partial charge in [0.1, 0.15) is 0 Å². The van der Waals surface area contributed by atoms with Crippen LogP contribution in [0.4, 0.5) is 0 Å². The van der Waals surface area contributed by atoms with Crippen molar-refractivity contribution in [3.8, 4) is 0 Å². The molecule has 0 spiro atoms. The number of carbonyl (C=O) groups excluding carboxylic acids is 1. The number of aliphatic hydroxyl groups excluding tert-OH is 1. The van der Waals surface area contributed by atoms with Gasteiger partial charge in [0.25, 0.3) is 5.91 Å². The summed E-state index contributed by atoms with van der Waals surface area (Å²) >= 11 is 0. The lowest BCUT2D eigenvalue weighted by Crippen LogP contribution is -2.34. The molecule has 2 rings (SSSR count). The van der Waals surface area contributed by atoms with E-state index in [1.165, 1.54) is 17.2 Å². The Hall–Kier alpha value is -2.15. The molecule has 0 aromatic carbocycles. The Kier molecular flexibility index (Phi) is 3.73. The lowest BCUT2D eigenvalue weighted by molar-refractivity contribution is 0.0896. The number of nitrogens with one attached hydrogen (secondary N) is 2. The molecule has 0 bridgehead atoms. The highest BCUT2D eigenvalue weighted by atomic mass is 16.3. The number of rotatable bonds is 5. The maximum Gasteiger partial charge on any atom is 0.252 e. The molecule has 0 aliphatic rings. The molecule has 1 unspecified atom stereocenters. The number of aryl methyl sites for hydroxylation is 1. The summed E-state index contributed by atoms with van der Waals surface area (Å²) in [5, 5.41) is 20.1. The maximum atomic E-state index is 11.7. The number of nitrogens with zero attached hydrogens (tertiary/aromatic N) is 3. The van der Waals surface area contributed by atoms with Gasteiger partial charge >= 0.3 is 0 Å². The molecule has 1 atom stereocenters. The van der Waals surface area contributed by atoms with Gasteiger partial charge in [-0.3, -0.25) is 4.79 Å². The number of hydrogen-bond acceptors (Lipinski definition) is 4. The number of amides is 1. The number of hydrogen-bond donors (Lipinski definition) is 3. The van der Waals surface area contributed by atoms with Crippen molar-refractivity contribution in [1.29, 1.82) is 0 Å². The Balaban J connectivity index is 1.79. The predicted octanol–water partition coefficient (Wildman–Crippen LogP) is -0.294. The van der Waals surface area contributed by atoms with Crippen molar-refractivity contribution >= 4 is 5.91 Å². The molecule has 0 fully saturated rings. The van der Waals surface area contributed by atoms with Gasteiger partial charge in [-0.05, 0) is 13.0 Å². The third-order valence-corrected chi connectivity index (χ3v) is 2.43. The summed E-state index contributed by atoms with van der Waals surface area (Å²) in [4.78, 5) is 16.0. The van der Waals surface area contributed by atoms with E-state index >= 15 is 0 Å². The van der Waals surface area contributed by atoms with Crippen molar-refractivity contribution in [2.24, 2.45) is 0 Å². The van der Waals surface area contributed by atoms with Crippen LogP contribution in [0, 0.1) is 6.92 Å². The first-order valence-electron chi connectivity index (χ1n) is 5.60. The van der Waals surface area contributed by atoms with Crippen LogP contribution in [0.5, 0.6) is 0 Å². The molecule has 0 radical (unpaired) electrons. The van der Waals surface area contributed by atoms with Crippen LogP contribution in [-0.2, 0) is 6.54 Å². The van der Waals surface area contributed by atoms with Crippen LogP contribution in [0.1, 0.15) is 16.1 Å². The summed E-state index contributed by atoms with van der Waals surface area (Å²) in [6, 6.07) is 1.75. The molecule has 7 heteroatoms. The zero-order valence-electron chi connectivity index (χ0n) is 10.00. The van der Waals surface area contributed by atoms with E-state index in [0.717, 1.165) is 5.69 Å². The van der Waals surface area contributed by atoms with Crippen molar-refractivity contribution in [3.63, 3.8) is 0 Å². The fourth-order valence-corrected chi connectivity index (χ4v) is 1.54. The van der Waals surface area contributed by atoms with Gasteiger partial charge in [-0.1, -0.05) is 0 Å². The van der Waals surface area contributed by atoms with Gasteiger partial charge in [0, 0.05) is 18.4 Å². The van der Waals surface area contributed by atoms with Gasteiger partial charge in [-0.25, -0.2) is 0 Å². The van der Waals surface area contributed by atoms with E-state index in [2.05, 4.69) is 20.5 Å². The monoisotopic (exact) mass is 249 g/mol. The van der Waals surface area contributed by atoms with E-state index in [1.807, 2.05) is 6.92 Å². The standard InChI is InChI=1S/C11H15N5O2/c1-8-4-9(5-12-8)11(18)13-6-10(17)7-16-14-2-3-15-16/h2-5,10,12,17H,6-7H2,1H3,(H,13,18). The highest BCUT2D eigenvalue weighted by Gasteiger charge is 2.10. The third-order valence-electron chi connectivity index (χ3n) is 2.43. The van der Waals surface area contributed by atoms with Crippen molar-refractivity contribution in [2.75, 3.05) is 6.54 Å². The molecule has 0 saturated carbocycles. The fraction of sp³-hybridized carbons (Fsp3) is 0.364. The first-order valence-corrected chi connectivity index (χ1v) is 5.60. The number of aliphatic hydroxyl groups is 1. The van der Waals surface area contributed by atoms with E-state index in [-0.39, 0.29) is 19.0 Å². The first kappa shape index (κ1) is 12.3. The second-order valence-corrected chi connectivity index (χ2v) is 4.02. The predicted molar refractivity (Wildman–Crippen MR) is 63.9 cm³/mol. The van der Waals surface area contributed by atoms with E-state index in [4.69, 9.17) is 0 Å². The van der Waals surface area contributed by atoms with Crippen LogP contribution in [0.3, 0.4) is 0 Å². The zero-order valence-corrected chi connectivity index (χ0v) is 10.00. The van der Waals surface area contributed by atoms with Gasteiger partial charge in [0.05, 0.1) is 30.6 Å². The van der Waals surface area contributed by atoms with Crippen molar-refractivity contribution in [1.82, 2.24) is 25.3 Å². The van der Waals surface area contributed by atoms with Gasteiger partial charge in [0.15, 0.2) is 0 Å². The number of carbonyl (C=O) groups is 1. The molecule has 2 aromatic heterocycles. The van der Waals surface area contributed by atoms with Crippen molar-refractivity contribution in [2.45, 2.75) is 19.6 Å². The Morgan fingerprint density at radius 1 is 1.56 bits per heavy atom. The molecule has 2 heterocycles. The van der Waals surface area contributed by atoms with Crippen LogP contribution in [0.15, 0.2) is 24.7 Å². The van der Waals surface area contributed by atoms with E-state index in [9.17, 15) is 9.90 Å².